The van der Waals surface area contributed by atoms with E-state index in [0.717, 1.165) is 37.9 Å². The molecule has 0 aromatic heterocycles. The van der Waals surface area contributed by atoms with Crippen LogP contribution < -0.4 is 5.32 Å². The van der Waals surface area contributed by atoms with Gasteiger partial charge in [-0.15, -0.1) is 0 Å². The van der Waals surface area contributed by atoms with Crippen LogP contribution in [0, 0.1) is 18.8 Å². The van der Waals surface area contributed by atoms with E-state index in [1.165, 1.54) is 12.8 Å². The maximum absolute atomic E-state index is 13.0. The Balaban J connectivity index is 1.63. The summed E-state index contributed by atoms with van der Waals surface area (Å²) < 4.78 is 27.6. The summed E-state index contributed by atoms with van der Waals surface area (Å²) in [5.41, 5.74) is 1.26. The summed E-state index contributed by atoms with van der Waals surface area (Å²) >= 11 is 0. The number of nitrogens with zero attached hydrogens (tertiary/aromatic N) is 2. The van der Waals surface area contributed by atoms with Gasteiger partial charge in [-0.2, -0.15) is 4.31 Å². The van der Waals surface area contributed by atoms with E-state index < -0.39 is 10.0 Å². The van der Waals surface area contributed by atoms with E-state index in [1.54, 1.807) is 22.5 Å². The summed E-state index contributed by atoms with van der Waals surface area (Å²) in [4.78, 5) is 15.3. The number of carbonyl (C=O) groups excluding carboxylic acids is 1. The fourth-order valence-corrected chi connectivity index (χ4v) is 5.71. The van der Waals surface area contributed by atoms with Gasteiger partial charge in [-0.25, -0.2) is 8.42 Å². The molecule has 7 heteroatoms. The van der Waals surface area contributed by atoms with E-state index in [1.807, 2.05) is 6.92 Å². The molecule has 1 N–H and O–H groups in total. The molecule has 2 aliphatic rings. The quantitative estimate of drug-likeness (QED) is 0.767. The number of piperidine rings is 2. The van der Waals surface area contributed by atoms with Crippen molar-refractivity contribution in [2.45, 2.75) is 50.8 Å². The van der Waals surface area contributed by atoms with Gasteiger partial charge in [-0.1, -0.05) is 13.0 Å². The zero-order valence-corrected chi connectivity index (χ0v) is 18.8. The van der Waals surface area contributed by atoms with Crippen molar-refractivity contribution in [3.05, 3.63) is 29.3 Å². The Bertz CT molecular complexity index is 809. The topological polar surface area (TPSA) is 69.7 Å². The Hall–Kier alpha value is -1.44. The SMILES string of the molecule is Cc1ccc(S(=O)(=O)N2CCC(C)CC2)cc1C(=O)NCCC1CCN(C)CC1. The molecule has 0 saturated carbocycles. The van der Waals surface area contributed by atoms with Gasteiger partial charge in [0, 0.05) is 25.2 Å². The van der Waals surface area contributed by atoms with Crippen molar-refractivity contribution in [1.29, 1.82) is 0 Å². The molecule has 1 aromatic carbocycles. The monoisotopic (exact) mass is 421 g/mol. The maximum atomic E-state index is 13.0. The molecule has 2 fully saturated rings. The summed E-state index contributed by atoms with van der Waals surface area (Å²) in [6.45, 7) is 7.98. The number of sulfonamides is 1. The highest BCUT2D eigenvalue weighted by Crippen LogP contribution is 2.25. The van der Waals surface area contributed by atoms with Crippen molar-refractivity contribution in [3.63, 3.8) is 0 Å². The first-order valence-corrected chi connectivity index (χ1v) is 12.3. The highest BCUT2D eigenvalue weighted by molar-refractivity contribution is 7.89. The molecule has 29 heavy (non-hydrogen) atoms. The van der Waals surface area contributed by atoms with E-state index in [0.29, 0.717) is 37.0 Å². The van der Waals surface area contributed by atoms with Gasteiger partial charge in [0.15, 0.2) is 0 Å². The number of hydrogen-bond acceptors (Lipinski definition) is 4. The Morgan fingerprint density at radius 3 is 2.41 bits per heavy atom. The van der Waals surface area contributed by atoms with Gasteiger partial charge in [0.2, 0.25) is 10.0 Å². The van der Waals surface area contributed by atoms with Gasteiger partial charge in [0.25, 0.3) is 5.91 Å². The van der Waals surface area contributed by atoms with Crippen molar-refractivity contribution in [2.24, 2.45) is 11.8 Å². The lowest BCUT2D eigenvalue weighted by atomic mass is 9.94. The first-order valence-electron chi connectivity index (χ1n) is 10.8. The third kappa shape index (κ3) is 5.58. The molecule has 0 atom stereocenters. The minimum atomic E-state index is -3.55. The molecule has 0 unspecified atom stereocenters. The highest BCUT2D eigenvalue weighted by Gasteiger charge is 2.29. The smallest absolute Gasteiger partial charge is 0.251 e. The van der Waals surface area contributed by atoms with Crippen molar-refractivity contribution in [1.82, 2.24) is 14.5 Å². The molecular formula is C22H35N3O3S. The lowest BCUT2D eigenvalue weighted by Gasteiger charge is -2.29. The van der Waals surface area contributed by atoms with Crippen LogP contribution in [0.4, 0.5) is 0 Å². The van der Waals surface area contributed by atoms with Crippen LogP contribution in [-0.2, 0) is 10.0 Å². The third-order valence-electron chi connectivity index (χ3n) is 6.51. The molecule has 0 radical (unpaired) electrons. The van der Waals surface area contributed by atoms with Gasteiger partial charge in [-0.3, -0.25) is 4.79 Å². The minimum absolute atomic E-state index is 0.181. The standard InChI is InChI=1S/C22H35N3O3S/c1-17-7-14-25(15-8-17)29(27,28)20-5-4-18(2)21(16-20)22(26)23-11-6-19-9-12-24(3)13-10-19/h4-5,16-17,19H,6-15H2,1-3H3,(H,23,26). The fourth-order valence-electron chi connectivity index (χ4n) is 4.22. The molecular weight excluding hydrogens is 386 g/mol. The zero-order chi connectivity index (χ0) is 21.0. The van der Waals surface area contributed by atoms with E-state index in [9.17, 15) is 13.2 Å². The molecule has 162 valence electrons. The third-order valence-corrected chi connectivity index (χ3v) is 8.40. The van der Waals surface area contributed by atoms with Gasteiger partial charge in [0.1, 0.15) is 0 Å². The van der Waals surface area contributed by atoms with Gasteiger partial charge < -0.3 is 10.2 Å². The fraction of sp³-hybridized carbons (Fsp3) is 0.682. The van der Waals surface area contributed by atoms with Crippen LogP contribution in [0.15, 0.2) is 23.1 Å². The number of hydrogen-bond donors (Lipinski definition) is 1. The molecule has 2 saturated heterocycles. The number of nitrogens with one attached hydrogen (secondary N) is 1. The molecule has 2 heterocycles. The van der Waals surface area contributed by atoms with Crippen LogP contribution in [-0.4, -0.2) is 63.3 Å². The average molecular weight is 422 g/mol. The lowest BCUT2D eigenvalue weighted by molar-refractivity contribution is 0.0948. The maximum Gasteiger partial charge on any atom is 0.251 e. The minimum Gasteiger partial charge on any atom is -0.352 e. The van der Waals surface area contributed by atoms with Crippen molar-refractivity contribution < 1.29 is 13.2 Å². The summed E-state index contributed by atoms with van der Waals surface area (Å²) in [7, 11) is -1.41. The molecule has 0 bridgehead atoms. The number of likely N-dealkylation sites (tertiary alicyclic amines) is 1. The van der Waals surface area contributed by atoms with E-state index in [2.05, 4.69) is 24.2 Å². The second kappa shape index (κ2) is 9.58. The lowest BCUT2D eigenvalue weighted by Crippen LogP contribution is -2.38. The van der Waals surface area contributed by atoms with Crippen molar-refractivity contribution in [2.75, 3.05) is 39.8 Å². The Morgan fingerprint density at radius 2 is 1.76 bits per heavy atom. The van der Waals surface area contributed by atoms with Crippen LogP contribution in [0.2, 0.25) is 0 Å². The normalized spacial score (nSPS) is 20.7. The molecule has 3 rings (SSSR count). The molecule has 1 amide bonds. The van der Waals surface area contributed by atoms with Crippen LogP contribution in [0.25, 0.3) is 0 Å². The predicted octanol–water partition coefficient (Wildman–Crippen LogP) is 2.88. The largest absolute Gasteiger partial charge is 0.352 e. The summed E-state index contributed by atoms with van der Waals surface area (Å²) in [5.74, 6) is 1.03. The molecule has 0 aliphatic carbocycles. The summed E-state index contributed by atoms with van der Waals surface area (Å²) in [6.07, 6.45) is 5.09. The van der Waals surface area contributed by atoms with E-state index in [4.69, 9.17) is 0 Å². The highest BCUT2D eigenvalue weighted by atomic mass is 32.2. The molecule has 6 nitrogen and oxygen atoms in total. The number of amides is 1. The average Bonchev–Trinajstić information content (AvgIpc) is 2.70. The summed E-state index contributed by atoms with van der Waals surface area (Å²) in [6, 6.07) is 4.91. The predicted molar refractivity (Wildman–Crippen MR) is 116 cm³/mol. The Morgan fingerprint density at radius 1 is 1.10 bits per heavy atom. The van der Waals surface area contributed by atoms with Crippen molar-refractivity contribution >= 4 is 15.9 Å². The van der Waals surface area contributed by atoms with Crippen LogP contribution in [0.1, 0.15) is 54.9 Å². The first kappa shape index (κ1) is 22.2. The van der Waals surface area contributed by atoms with E-state index >= 15 is 0 Å². The van der Waals surface area contributed by atoms with Crippen LogP contribution in [0.3, 0.4) is 0 Å². The molecule has 2 aliphatic heterocycles. The number of benzene rings is 1. The number of rotatable bonds is 6. The number of aryl methyl sites for hydroxylation is 1. The Labute approximate surface area is 175 Å². The zero-order valence-electron chi connectivity index (χ0n) is 18.0. The van der Waals surface area contributed by atoms with Crippen LogP contribution >= 0.6 is 0 Å². The van der Waals surface area contributed by atoms with Gasteiger partial charge in [0.05, 0.1) is 4.90 Å². The first-order chi connectivity index (χ1) is 13.8. The second-order valence-electron chi connectivity index (χ2n) is 8.85. The van der Waals surface area contributed by atoms with Gasteiger partial charge >= 0.3 is 0 Å². The van der Waals surface area contributed by atoms with E-state index in [-0.39, 0.29) is 10.8 Å². The van der Waals surface area contributed by atoms with Gasteiger partial charge in [-0.05, 0) is 88.7 Å². The second-order valence-corrected chi connectivity index (χ2v) is 10.8. The van der Waals surface area contributed by atoms with Crippen LogP contribution in [0.5, 0.6) is 0 Å². The summed E-state index contributed by atoms with van der Waals surface area (Å²) in [5, 5.41) is 3.00. The van der Waals surface area contributed by atoms with Crippen molar-refractivity contribution in [3.8, 4) is 0 Å². The Kier molecular flexibility index (Phi) is 7.35. The number of carbonyl (C=O) groups is 1. The molecule has 1 aromatic rings. The molecule has 0 spiro atoms.